The normalized spacial score (nSPS) is 20.1. The van der Waals surface area contributed by atoms with Crippen LogP contribution in [0, 0.1) is 0 Å². The second-order valence-corrected chi connectivity index (χ2v) is 4.39. The number of anilines is 1. The van der Waals surface area contributed by atoms with Crippen LogP contribution in [0.25, 0.3) is 11.2 Å². The maximum absolute atomic E-state index is 5.91. The van der Waals surface area contributed by atoms with Crippen LogP contribution in [0.4, 0.5) is 5.95 Å². The molecule has 17 heavy (non-hydrogen) atoms. The average molecular weight is 232 g/mol. The van der Waals surface area contributed by atoms with Crippen LogP contribution in [0.3, 0.4) is 0 Å². The lowest BCUT2D eigenvalue weighted by atomic mass is 10.2. The minimum absolute atomic E-state index is 0.371. The molecule has 1 fully saturated rings. The van der Waals surface area contributed by atoms with Crippen LogP contribution in [0.2, 0.25) is 0 Å². The average Bonchev–Trinajstić information content (AvgIpc) is 2.93. The van der Waals surface area contributed by atoms with Gasteiger partial charge in [0.2, 0.25) is 5.95 Å². The molecule has 0 radical (unpaired) electrons. The topological polar surface area (TPSA) is 66.0 Å². The number of nitrogens with zero attached hydrogens (tertiary/aromatic N) is 3. The molecule has 0 aromatic carbocycles. The molecule has 0 saturated carbocycles. The molecule has 2 N–H and O–H groups in total. The van der Waals surface area contributed by atoms with E-state index in [1.165, 1.54) is 6.42 Å². The standard InChI is InChI=1S/C12H16N4O/c13-12-15-10-4-1-6-14-11(10)16(12)7-5-9-3-2-8-17-9/h1,4,6,9H,2-3,5,7-8H2,(H2,13,15). The summed E-state index contributed by atoms with van der Waals surface area (Å²) in [5.74, 6) is 0.539. The first-order valence-corrected chi connectivity index (χ1v) is 6.03. The molecule has 1 saturated heterocycles. The third-order valence-electron chi connectivity index (χ3n) is 3.23. The van der Waals surface area contributed by atoms with Crippen molar-refractivity contribution < 1.29 is 4.74 Å². The first-order chi connectivity index (χ1) is 8.34. The maximum Gasteiger partial charge on any atom is 0.202 e. The molecule has 1 atom stereocenters. The molecule has 0 aliphatic carbocycles. The van der Waals surface area contributed by atoms with Gasteiger partial charge in [0.25, 0.3) is 0 Å². The Bertz CT molecular complexity index is 516. The van der Waals surface area contributed by atoms with Crippen molar-refractivity contribution in [3.05, 3.63) is 18.3 Å². The molecule has 0 spiro atoms. The summed E-state index contributed by atoms with van der Waals surface area (Å²) in [5, 5.41) is 0. The summed E-state index contributed by atoms with van der Waals surface area (Å²) in [4.78, 5) is 8.62. The first-order valence-electron chi connectivity index (χ1n) is 6.03. The van der Waals surface area contributed by atoms with Crippen molar-refractivity contribution in [1.29, 1.82) is 0 Å². The van der Waals surface area contributed by atoms with E-state index in [0.717, 1.165) is 37.2 Å². The summed E-state index contributed by atoms with van der Waals surface area (Å²) in [7, 11) is 0. The molecule has 3 rings (SSSR count). The van der Waals surface area contributed by atoms with Crippen LogP contribution in [0.5, 0.6) is 0 Å². The van der Waals surface area contributed by atoms with Crippen LogP contribution in [0.1, 0.15) is 19.3 Å². The summed E-state index contributed by atoms with van der Waals surface area (Å²) in [5.41, 5.74) is 7.63. The molecule has 3 heterocycles. The Hall–Kier alpha value is -1.62. The SMILES string of the molecule is Nc1nc2cccnc2n1CCC1CCCO1. The molecular formula is C12H16N4O. The fraction of sp³-hybridized carbons (Fsp3) is 0.500. The van der Waals surface area contributed by atoms with Gasteiger partial charge in [-0.05, 0) is 31.4 Å². The maximum atomic E-state index is 5.91. The van der Waals surface area contributed by atoms with Crippen molar-refractivity contribution in [3.63, 3.8) is 0 Å². The first kappa shape index (κ1) is 10.5. The van der Waals surface area contributed by atoms with Gasteiger partial charge >= 0.3 is 0 Å². The highest BCUT2D eigenvalue weighted by Gasteiger charge is 2.16. The van der Waals surface area contributed by atoms with Gasteiger partial charge in [-0.3, -0.25) is 4.57 Å². The van der Waals surface area contributed by atoms with E-state index in [4.69, 9.17) is 10.5 Å². The number of pyridine rings is 1. The number of hydrogen-bond donors (Lipinski definition) is 1. The van der Waals surface area contributed by atoms with E-state index in [-0.39, 0.29) is 0 Å². The minimum atomic E-state index is 0.371. The van der Waals surface area contributed by atoms with Crippen LogP contribution >= 0.6 is 0 Å². The zero-order valence-corrected chi connectivity index (χ0v) is 9.67. The lowest BCUT2D eigenvalue weighted by Crippen LogP contribution is -2.12. The Labute approximate surface area is 99.6 Å². The van der Waals surface area contributed by atoms with Gasteiger partial charge in [0.1, 0.15) is 5.52 Å². The number of hydrogen-bond acceptors (Lipinski definition) is 4. The fourth-order valence-electron chi connectivity index (χ4n) is 2.34. The molecule has 2 aromatic heterocycles. The number of nitrogen functional groups attached to an aromatic ring is 1. The number of fused-ring (bicyclic) bond motifs is 1. The van der Waals surface area contributed by atoms with Crippen molar-refractivity contribution in [3.8, 4) is 0 Å². The lowest BCUT2D eigenvalue weighted by Gasteiger charge is -2.10. The number of aryl methyl sites for hydroxylation is 1. The molecule has 5 nitrogen and oxygen atoms in total. The minimum Gasteiger partial charge on any atom is -0.378 e. The van der Waals surface area contributed by atoms with Crippen LogP contribution in [0.15, 0.2) is 18.3 Å². The molecule has 5 heteroatoms. The van der Waals surface area contributed by atoms with Gasteiger partial charge in [-0.2, -0.15) is 0 Å². The molecule has 1 aliphatic rings. The van der Waals surface area contributed by atoms with E-state index < -0.39 is 0 Å². The van der Waals surface area contributed by atoms with E-state index in [0.29, 0.717) is 12.1 Å². The van der Waals surface area contributed by atoms with E-state index in [2.05, 4.69) is 9.97 Å². The fourth-order valence-corrected chi connectivity index (χ4v) is 2.34. The second-order valence-electron chi connectivity index (χ2n) is 4.39. The van der Waals surface area contributed by atoms with E-state index in [1.807, 2.05) is 16.7 Å². The number of rotatable bonds is 3. The van der Waals surface area contributed by atoms with Crippen LogP contribution in [-0.2, 0) is 11.3 Å². The Morgan fingerprint density at radius 1 is 1.53 bits per heavy atom. The van der Waals surface area contributed by atoms with E-state index >= 15 is 0 Å². The number of ether oxygens (including phenoxy) is 1. The van der Waals surface area contributed by atoms with Gasteiger partial charge < -0.3 is 10.5 Å². The predicted molar refractivity (Wildman–Crippen MR) is 65.5 cm³/mol. The van der Waals surface area contributed by atoms with Crippen molar-refractivity contribution in [2.75, 3.05) is 12.3 Å². The quantitative estimate of drug-likeness (QED) is 0.872. The van der Waals surface area contributed by atoms with Crippen molar-refractivity contribution in [1.82, 2.24) is 14.5 Å². The molecule has 1 aliphatic heterocycles. The third kappa shape index (κ3) is 1.98. The van der Waals surface area contributed by atoms with Gasteiger partial charge in [-0.1, -0.05) is 0 Å². The number of aromatic nitrogens is 3. The van der Waals surface area contributed by atoms with Crippen molar-refractivity contribution >= 4 is 17.1 Å². The summed E-state index contributed by atoms with van der Waals surface area (Å²) in [6.07, 6.45) is 5.44. The summed E-state index contributed by atoms with van der Waals surface area (Å²) in [6.45, 7) is 1.72. The van der Waals surface area contributed by atoms with Gasteiger partial charge in [-0.15, -0.1) is 0 Å². The predicted octanol–water partition coefficient (Wildman–Crippen LogP) is 1.58. The van der Waals surface area contributed by atoms with E-state index in [9.17, 15) is 0 Å². The molecular weight excluding hydrogens is 216 g/mol. The highest BCUT2D eigenvalue weighted by molar-refractivity contribution is 5.73. The number of nitrogens with two attached hydrogens (primary N) is 1. The Kier molecular flexibility index (Phi) is 2.68. The Morgan fingerprint density at radius 2 is 2.47 bits per heavy atom. The lowest BCUT2D eigenvalue weighted by molar-refractivity contribution is 0.101. The molecule has 0 bridgehead atoms. The smallest absolute Gasteiger partial charge is 0.202 e. The number of imidazole rings is 1. The van der Waals surface area contributed by atoms with Crippen LogP contribution < -0.4 is 5.73 Å². The Morgan fingerprint density at radius 3 is 3.29 bits per heavy atom. The van der Waals surface area contributed by atoms with Crippen LogP contribution in [-0.4, -0.2) is 27.2 Å². The van der Waals surface area contributed by atoms with Crippen molar-refractivity contribution in [2.45, 2.75) is 31.9 Å². The Balaban J connectivity index is 1.81. The second kappa shape index (κ2) is 4.33. The van der Waals surface area contributed by atoms with Gasteiger partial charge in [-0.25, -0.2) is 9.97 Å². The largest absolute Gasteiger partial charge is 0.378 e. The molecule has 0 amide bonds. The van der Waals surface area contributed by atoms with Gasteiger partial charge in [0.05, 0.1) is 6.10 Å². The van der Waals surface area contributed by atoms with Crippen molar-refractivity contribution in [2.24, 2.45) is 0 Å². The van der Waals surface area contributed by atoms with Gasteiger partial charge in [0, 0.05) is 19.3 Å². The zero-order chi connectivity index (χ0) is 11.7. The third-order valence-corrected chi connectivity index (χ3v) is 3.23. The highest BCUT2D eigenvalue weighted by atomic mass is 16.5. The molecule has 1 unspecified atom stereocenters. The monoisotopic (exact) mass is 232 g/mol. The van der Waals surface area contributed by atoms with Gasteiger partial charge in [0.15, 0.2) is 5.65 Å². The summed E-state index contributed by atoms with van der Waals surface area (Å²) < 4.78 is 7.58. The summed E-state index contributed by atoms with van der Waals surface area (Å²) >= 11 is 0. The highest BCUT2D eigenvalue weighted by Crippen LogP contribution is 2.19. The zero-order valence-electron chi connectivity index (χ0n) is 9.67. The molecule has 2 aromatic rings. The van der Waals surface area contributed by atoms with E-state index in [1.54, 1.807) is 6.20 Å². The molecule has 90 valence electrons. The summed E-state index contributed by atoms with van der Waals surface area (Å²) in [6, 6.07) is 3.81.